The fourth-order valence-electron chi connectivity index (χ4n) is 1.03. The summed E-state index contributed by atoms with van der Waals surface area (Å²) in [6.45, 7) is 2.02. The third-order valence-electron chi connectivity index (χ3n) is 1.61. The first kappa shape index (κ1) is 8.08. The van der Waals surface area contributed by atoms with Crippen molar-refractivity contribution in [3.05, 3.63) is 29.3 Å². The lowest BCUT2D eigenvalue weighted by molar-refractivity contribution is 0.273. The Morgan fingerprint density at radius 2 is 2.18 bits per heavy atom. The number of benzene rings is 1. The first-order chi connectivity index (χ1) is 5.27. The van der Waals surface area contributed by atoms with Crippen molar-refractivity contribution >= 4 is 0 Å². The van der Waals surface area contributed by atoms with Crippen LogP contribution in [0.25, 0.3) is 0 Å². The normalized spacial score (nSPS) is 9.73. The maximum atomic E-state index is 8.89. The molecule has 1 rings (SSSR count). The molecule has 0 unspecified atom stereocenters. The van der Waals surface area contributed by atoms with Gasteiger partial charge in [0.1, 0.15) is 5.75 Å². The highest BCUT2D eigenvalue weighted by Gasteiger charge is 1.99. The van der Waals surface area contributed by atoms with Gasteiger partial charge in [0, 0.05) is 5.56 Å². The zero-order valence-corrected chi connectivity index (χ0v) is 6.79. The van der Waals surface area contributed by atoms with E-state index >= 15 is 0 Å². The first-order valence-electron chi connectivity index (χ1n) is 3.52. The van der Waals surface area contributed by atoms with Crippen molar-refractivity contribution in [1.29, 1.82) is 0 Å². The Kier molecular flexibility index (Phi) is 2.49. The molecule has 0 aliphatic heterocycles. The second-order valence-corrected chi connectivity index (χ2v) is 2.47. The highest BCUT2D eigenvalue weighted by Crippen LogP contribution is 2.18. The van der Waals surface area contributed by atoms with E-state index < -0.39 is 0 Å². The molecular weight excluding hydrogens is 140 g/mol. The van der Waals surface area contributed by atoms with E-state index in [1.54, 1.807) is 7.11 Å². The lowest BCUT2D eigenvalue weighted by Gasteiger charge is -2.05. The lowest BCUT2D eigenvalue weighted by Crippen LogP contribution is -1.91. The summed E-state index contributed by atoms with van der Waals surface area (Å²) in [5.74, 6) is 0.748. The van der Waals surface area contributed by atoms with Gasteiger partial charge in [0.25, 0.3) is 0 Å². The summed E-state index contributed by atoms with van der Waals surface area (Å²) in [6.07, 6.45) is 0. The minimum atomic E-state index is 0.0326. The molecule has 2 heteroatoms. The van der Waals surface area contributed by atoms with Gasteiger partial charge in [-0.05, 0) is 13.0 Å². The van der Waals surface area contributed by atoms with Crippen LogP contribution in [0.2, 0.25) is 0 Å². The smallest absolute Gasteiger partial charge is 0.124 e. The van der Waals surface area contributed by atoms with Gasteiger partial charge in [-0.15, -0.1) is 0 Å². The van der Waals surface area contributed by atoms with E-state index in [-0.39, 0.29) is 6.61 Å². The number of ether oxygens (including phenoxy) is 1. The highest BCUT2D eigenvalue weighted by atomic mass is 16.5. The zero-order valence-electron chi connectivity index (χ0n) is 6.79. The summed E-state index contributed by atoms with van der Waals surface area (Å²) in [7, 11) is 1.60. The van der Waals surface area contributed by atoms with Crippen LogP contribution < -0.4 is 4.74 Å². The van der Waals surface area contributed by atoms with E-state index in [1.807, 2.05) is 25.1 Å². The Morgan fingerprint density at radius 3 is 2.73 bits per heavy atom. The molecule has 1 aromatic rings. The van der Waals surface area contributed by atoms with Crippen LogP contribution in [-0.4, -0.2) is 12.2 Å². The van der Waals surface area contributed by atoms with E-state index in [0.29, 0.717) is 0 Å². The number of methoxy groups -OCH3 is 1. The molecule has 0 aromatic heterocycles. The molecule has 0 saturated heterocycles. The zero-order chi connectivity index (χ0) is 8.27. The number of aliphatic hydroxyl groups is 1. The highest BCUT2D eigenvalue weighted by molar-refractivity contribution is 5.36. The Morgan fingerprint density at radius 1 is 1.45 bits per heavy atom. The minimum Gasteiger partial charge on any atom is -0.496 e. The predicted molar refractivity (Wildman–Crippen MR) is 43.7 cm³/mol. The standard InChI is InChI=1S/C9H12O2/c1-7-3-4-9(11-2)8(5-7)6-10/h3-5,10H,6H2,1-2H3. The lowest BCUT2D eigenvalue weighted by atomic mass is 10.1. The molecular formula is C9H12O2. The first-order valence-corrected chi connectivity index (χ1v) is 3.52. The van der Waals surface area contributed by atoms with Crippen LogP contribution in [0.4, 0.5) is 0 Å². The molecule has 0 heterocycles. The molecule has 0 atom stereocenters. The molecule has 0 aliphatic rings. The van der Waals surface area contributed by atoms with Crippen molar-refractivity contribution in [2.45, 2.75) is 13.5 Å². The van der Waals surface area contributed by atoms with Crippen LogP contribution in [0, 0.1) is 6.92 Å². The third-order valence-corrected chi connectivity index (χ3v) is 1.61. The van der Waals surface area contributed by atoms with E-state index in [2.05, 4.69) is 0 Å². The van der Waals surface area contributed by atoms with E-state index in [1.165, 1.54) is 0 Å². The van der Waals surface area contributed by atoms with Crippen LogP contribution in [0.1, 0.15) is 11.1 Å². The monoisotopic (exact) mass is 152 g/mol. The minimum absolute atomic E-state index is 0.0326. The third kappa shape index (κ3) is 1.71. The molecule has 0 fully saturated rings. The molecule has 0 bridgehead atoms. The molecule has 2 nitrogen and oxygen atoms in total. The molecule has 11 heavy (non-hydrogen) atoms. The predicted octanol–water partition coefficient (Wildman–Crippen LogP) is 1.50. The van der Waals surface area contributed by atoms with Crippen LogP contribution in [-0.2, 0) is 6.61 Å². The number of aryl methyl sites for hydroxylation is 1. The van der Waals surface area contributed by atoms with Gasteiger partial charge < -0.3 is 9.84 Å². The topological polar surface area (TPSA) is 29.5 Å². The maximum absolute atomic E-state index is 8.89. The summed E-state index contributed by atoms with van der Waals surface area (Å²) in [4.78, 5) is 0. The SMILES string of the molecule is COc1ccc(C)cc1CO. The van der Waals surface area contributed by atoms with Crippen molar-refractivity contribution < 1.29 is 9.84 Å². The largest absolute Gasteiger partial charge is 0.496 e. The molecule has 1 aromatic carbocycles. The van der Waals surface area contributed by atoms with Crippen molar-refractivity contribution in [2.75, 3.05) is 7.11 Å². The summed E-state index contributed by atoms with van der Waals surface area (Å²) in [5.41, 5.74) is 1.97. The van der Waals surface area contributed by atoms with Gasteiger partial charge in [-0.3, -0.25) is 0 Å². The summed E-state index contributed by atoms with van der Waals surface area (Å²) in [5, 5.41) is 8.89. The van der Waals surface area contributed by atoms with Crippen molar-refractivity contribution in [1.82, 2.24) is 0 Å². The Bertz CT molecular complexity index is 243. The van der Waals surface area contributed by atoms with E-state index in [4.69, 9.17) is 9.84 Å². The Hall–Kier alpha value is -1.02. The van der Waals surface area contributed by atoms with Gasteiger partial charge in [0.2, 0.25) is 0 Å². The fraction of sp³-hybridized carbons (Fsp3) is 0.333. The Labute approximate surface area is 66.4 Å². The van der Waals surface area contributed by atoms with Gasteiger partial charge in [-0.2, -0.15) is 0 Å². The molecule has 0 aliphatic carbocycles. The van der Waals surface area contributed by atoms with Crippen molar-refractivity contribution in [2.24, 2.45) is 0 Å². The van der Waals surface area contributed by atoms with Gasteiger partial charge in [0.15, 0.2) is 0 Å². The number of hydrogen-bond donors (Lipinski definition) is 1. The molecule has 0 saturated carbocycles. The van der Waals surface area contributed by atoms with E-state index in [9.17, 15) is 0 Å². The van der Waals surface area contributed by atoms with Crippen LogP contribution in [0.5, 0.6) is 5.75 Å². The number of aliphatic hydroxyl groups excluding tert-OH is 1. The molecule has 0 amide bonds. The average Bonchev–Trinajstić information content (AvgIpc) is 2.04. The summed E-state index contributed by atoms with van der Waals surface area (Å²) < 4.78 is 5.03. The van der Waals surface area contributed by atoms with Gasteiger partial charge in [-0.1, -0.05) is 17.7 Å². The van der Waals surface area contributed by atoms with Gasteiger partial charge in [-0.25, -0.2) is 0 Å². The molecule has 0 radical (unpaired) electrons. The van der Waals surface area contributed by atoms with Crippen LogP contribution in [0.15, 0.2) is 18.2 Å². The maximum Gasteiger partial charge on any atom is 0.124 e. The second kappa shape index (κ2) is 3.39. The Balaban J connectivity index is 3.06. The van der Waals surface area contributed by atoms with Crippen molar-refractivity contribution in [3.63, 3.8) is 0 Å². The fourth-order valence-corrected chi connectivity index (χ4v) is 1.03. The second-order valence-electron chi connectivity index (χ2n) is 2.47. The molecule has 0 spiro atoms. The number of hydrogen-bond acceptors (Lipinski definition) is 2. The number of rotatable bonds is 2. The molecule has 60 valence electrons. The van der Waals surface area contributed by atoms with E-state index in [0.717, 1.165) is 16.9 Å². The summed E-state index contributed by atoms with van der Waals surface area (Å²) >= 11 is 0. The van der Waals surface area contributed by atoms with Crippen molar-refractivity contribution in [3.8, 4) is 5.75 Å². The summed E-state index contributed by atoms with van der Waals surface area (Å²) in [6, 6.07) is 5.73. The van der Waals surface area contributed by atoms with Crippen LogP contribution in [0.3, 0.4) is 0 Å². The molecule has 1 N–H and O–H groups in total. The quantitative estimate of drug-likeness (QED) is 0.695. The van der Waals surface area contributed by atoms with Crippen LogP contribution >= 0.6 is 0 Å². The average molecular weight is 152 g/mol. The van der Waals surface area contributed by atoms with Gasteiger partial charge in [0.05, 0.1) is 13.7 Å². The van der Waals surface area contributed by atoms with Gasteiger partial charge >= 0.3 is 0 Å².